The first-order valence-corrected chi connectivity index (χ1v) is 7.57. The van der Waals surface area contributed by atoms with Gasteiger partial charge in [0.05, 0.1) is 0 Å². The summed E-state index contributed by atoms with van der Waals surface area (Å²) in [7, 11) is 0. The van der Waals surface area contributed by atoms with Gasteiger partial charge in [-0.15, -0.1) is 0 Å². The molecule has 0 unspecified atom stereocenters. The summed E-state index contributed by atoms with van der Waals surface area (Å²) in [5.41, 5.74) is 7.07. The van der Waals surface area contributed by atoms with E-state index >= 15 is 0 Å². The van der Waals surface area contributed by atoms with E-state index in [9.17, 15) is 4.79 Å². The third-order valence-corrected chi connectivity index (χ3v) is 4.24. The normalized spacial score (nSPS) is 22.2. The first-order chi connectivity index (χ1) is 9.67. The molecule has 0 saturated heterocycles. The third-order valence-electron chi connectivity index (χ3n) is 4.24. The van der Waals surface area contributed by atoms with E-state index in [1.165, 1.54) is 32.1 Å². The van der Waals surface area contributed by atoms with Crippen LogP contribution in [-0.2, 0) is 0 Å². The Bertz CT molecular complexity index is 439. The van der Waals surface area contributed by atoms with Crippen molar-refractivity contribution in [2.45, 2.75) is 39.0 Å². The summed E-state index contributed by atoms with van der Waals surface area (Å²) in [4.78, 5) is 11.8. The Morgan fingerprint density at radius 3 is 2.60 bits per heavy atom. The van der Waals surface area contributed by atoms with E-state index in [0.29, 0.717) is 11.6 Å². The lowest BCUT2D eigenvalue weighted by molar-refractivity contribution is 0.239. The maximum Gasteiger partial charge on any atom is 0.319 e. The molecule has 2 amide bonds. The van der Waals surface area contributed by atoms with Crippen molar-refractivity contribution in [3.63, 3.8) is 0 Å². The van der Waals surface area contributed by atoms with Gasteiger partial charge in [-0.2, -0.15) is 0 Å². The molecule has 4 N–H and O–H groups in total. The zero-order valence-corrected chi connectivity index (χ0v) is 12.2. The second-order valence-electron chi connectivity index (χ2n) is 5.76. The number of carbonyl (C=O) groups is 1. The Balaban J connectivity index is 1.70. The summed E-state index contributed by atoms with van der Waals surface area (Å²) in [5, 5.41) is 5.77. The molecule has 1 fully saturated rings. The highest BCUT2D eigenvalue weighted by atomic mass is 16.2. The molecule has 4 nitrogen and oxygen atoms in total. The number of hydrogen-bond acceptors (Lipinski definition) is 2. The van der Waals surface area contributed by atoms with Gasteiger partial charge in [0, 0.05) is 17.9 Å². The molecule has 110 valence electrons. The van der Waals surface area contributed by atoms with Crippen LogP contribution < -0.4 is 16.4 Å². The Hall–Kier alpha value is -1.71. The first kappa shape index (κ1) is 14.7. The second-order valence-corrected chi connectivity index (χ2v) is 5.76. The molecular weight excluding hydrogens is 250 g/mol. The molecule has 1 aromatic rings. The molecule has 4 heteroatoms. The second kappa shape index (κ2) is 7.17. The van der Waals surface area contributed by atoms with Gasteiger partial charge in [0.15, 0.2) is 0 Å². The Labute approximate surface area is 121 Å². The number of nitrogens with one attached hydrogen (secondary N) is 2. The molecule has 0 heterocycles. The summed E-state index contributed by atoms with van der Waals surface area (Å²) >= 11 is 0. The van der Waals surface area contributed by atoms with Crippen LogP contribution in [0, 0.1) is 11.8 Å². The largest absolute Gasteiger partial charge is 0.399 e. The van der Waals surface area contributed by atoms with E-state index in [1.54, 1.807) is 12.1 Å². The molecule has 1 aliphatic rings. The average Bonchev–Trinajstić information content (AvgIpc) is 2.46. The number of nitrogens with two attached hydrogens (primary N) is 1. The van der Waals surface area contributed by atoms with Gasteiger partial charge in [0.25, 0.3) is 0 Å². The fraction of sp³-hybridized carbons (Fsp3) is 0.562. The van der Waals surface area contributed by atoms with Crippen LogP contribution in [-0.4, -0.2) is 12.6 Å². The minimum atomic E-state index is -0.145. The van der Waals surface area contributed by atoms with Crippen molar-refractivity contribution >= 4 is 17.4 Å². The molecule has 2 rings (SSSR count). The van der Waals surface area contributed by atoms with Crippen molar-refractivity contribution in [2.75, 3.05) is 17.6 Å². The van der Waals surface area contributed by atoms with Crippen molar-refractivity contribution in [3.8, 4) is 0 Å². The predicted molar refractivity (Wildman–Crippen MR) is 83.6 cm³/mol. The average molecular weight is 275 g/mol. The number of nitrogen functional groups attached to an aromatic ring is 1. The van der Waals surface area contributed by atoms with E-state index in [-0.39, 0.29) is 6.03 Å². The van der Waals surface area contributed by atoms with Crippen LogP contribution in [0.15, 0.2) is 24.3 Å². The lowest BCUT2D eigenvalue weighted by Gasteiger charge is -2.27. The summed E-state index contributed by atoms with van der Waals surface area (Å²) < 4.78 is 0. The molecule has 20 heavy (non-hydrogen) atoms. The zero-order chi connectivity index (χ0) is 14.4. The molecule has 0 bridgehead atoms. The Morgan fingerprint density at radius 2 is 1.95 bits per heavy atom. The molecule has 0 atom stereocenters. The van der Waals surface area contributed by atoms with Gasteiger partial charge in [-0.05, 0) is 42.9 Å². The maximum atomic E-state index is 11.8. The highest BCUT2D eigenvalue weighted by Gasteiger charge is 2.20. The minimum absolute atomic E-state index is 0.145. The Morgan fingerprint density at radius 1 is 1.25 bits per heavy atom. The molecule has 0 aliphatic heterocycles. The van der Waals surface area contributed by atoms with Crippen molar-refractivity contribution in [2.24, 2.45) is 11.8 Å². The summed E-state index contributed by atoms with van der Waals surface area (Å²) in [6.45, 7) is 3.03. The van der Waals surface area contributed by atoms with E-state index in [4.69, 9.17) is 5.73 Å². The molecule has 0 spiro atoms. The number of amides is 2. The fourth-order valence-corrected chi connectivity index (χ4v) is 2.87. The monoisotopic (exact) mass is 275 g/mol. The van der Waals surface area contributed by atoms with Crippen molar-refractivity contribution in [1.82, 2.24) is 5.32 Å². The van der Waals surface area contributed by atoms with Crippen LogP contribution in [0.4, 0.5) is 16.2 Å². The summed E-state index contributed by atoms with van der Waals surface area (Å²) in [5.74, 6) is 1.52. The highest BCUT2D eigenvalue weighted by molar-refractivity contribution is 5.89. The van der Waals surface area contributed by atoms with Crippen molar-refractivity contribution in [1.29, 1.82) is 0 Å². The summed E-state index contributed by atoms with van der Waals surface area (Å²) in [6, 6.07) is 7.08. The standard InChI is InChI=1S/C16H25N3O/c1-2-12-6-8-13(9-7-12)11-18-16(20)19-15-5-3-4-14(17)10-15/h3-5,10,12-13H,2,6-9,11,17H2,1H3,(H2,18,19,20). The van der Waals surface area contributed by atoms with Crippen LogP contribution in [0.3, 0.4) is 0 Å². The molecular formula is C16H25N3O. The number of urea groups is 1. The number of rotatable bonds is 4. The van der Waals surface area contributed by atoms with Gasteiger partial charge >= 0.3 is 6.03 Å². The number of anilines is 2. The van der Waals surface area contributed by atoms with Gasteiger partial charge in [-0.3, -0.25) is 0 Å². The zero-order valence-electron chi connectivity index (χ0n) is 12.2. The van der Waals surface area contributed by atoms with E-state index in [1.807, 2.05) is 12.1 Å². The van der Waals surface area contributed by atoms with Crippen molar-refractivity contribution in [3.05, 3.63) is 24.3 Å². The molecule has 0 aromatic heterocycles. The van der Waals surface area contributed by atoms with Crippen molar-refractivity contribution < 1.29 is 4.79 Å². The van der Waals surface area contributed by atoms with Gasteiger partial charge in [0.2, 0.25) is 0 Å². The Kier molecular flexibility index (Phi) is 5.27. The van der Waals surface area contributed by atoms with Gasteiger partial charge in [0.1, 0.15) is 0 Å². The quantitative estimate of drug-likeness (QED) is 0.735. The molecule has 0 radical (unpaired) electrons. The molecule has 1 aliphatic carbocycles. The molecule has 1 aromatic carbocycles. The smallest absolute Gasteiger partial charge is 0.319 e. The van der Waals surface area contributed by atoms with Crippen LogP contribution in [0.25, 0.3) is 0 Å². The summed E-state index contributed by atoms with van der Waals surface area (Å²) in [6.07, 6.45) is 6.36. The van der Waals surface area contributed by atoms with Crippen LogP contribution >= 0.6 is 0 Å². The fourth-order valence-electron chi connectivity index (χ4n) is 2.87. The number of benzene rings is 1. The SMILES string of the molecule is CCC1CCC(CNC(=O)Nc2cccc(N)c2)CC1. The predicted octanol–water partition coefficient (Wildman–Crippen LogP) is 3.61. The lowest BCUT2D eigenvalue weighted by Crippen LogP contribution is -2.34. The van der Waals surface area contributed by atoms with Gasteiger partial charge in [-0.1, -0.05) is 32.3 Å². The van der Waals surface area contributed by atoms with Crippen LogP contribution in [0.5, 0.6) is 0 Å². The van der Waals surface area contributed by atoms with Crippen LogP contribution in [0.1, 0.15) is 39.0 Å². The van der Waals surface area contributed by atoms with E-state index in [2.05, 4.69) is 17.6 Å². The van der Waals surface area contributed by atoms with Crippen LogP contribution in [0.2, 0.25) is 0 Å². The minimum Gasteiger partial charge on any atom is -0.399 e. The number of hydrogen-bond donors (Lipinski definition) is 3. The third kappa shape index (κ3) is 4.44. The first-order valence-electron chi connectivity index (χ1n) is 7.57. The lowest BCUT2D eigenvalue weighted by atomic mass is 9.81. The maximum absolute atomic E-state index is 11.8. The highest BCUT2D eigenvalue weighted by Crippen LogP contribution is 2.30. The van der Waals surface area contributed by atoms with Gasteiger partial charge < -0.3 is 16.4 Å². The number of carbonyl (C=O) groups excluding carboxylic acids is 1. The topological polar surface area (TPSA) is 67.2 Å². The van der Waals surface area contributed by atoms with Gasteiger partial charge in [-0.25, -0.2) is 4.79 Å². The van der Waals surface area contributed by atoms with E-state index < -0.39 is 0 Å². The van der Waals surface area contributed by atoms with E-state index in [0.717, 1.165) is 18.2 Å². The molecule has 1 saturated carbocycles.